The van der Waals surface area contributed by atoms with Gasteiger partial charge in [-0.15, -0.1) is 0 Å². The number of benzene rings is 2. The first-order chi connectivity index (χ1) is 11.8. The minimum Gasteiger partial charge on any atom is -0.478 e. The number of carbonyl (C=O) groups is 1. The molecular weight excluding hydrogens is 333 g/mol. The fraction of sp³-hybridized carbons (Fsp3) is 0.316. The van der Waals surface area contributed by atoms with Crippen molar-refractivity contribution in [2.24, 2.45) is 0 Å². The van der Waals surface area contributed by atoms with E-state index in [4.69, 9.17) is 9.47 Å². The van der Waals surface area contributed by atoms with E-state index < -0.39 is 17.8 Å². The Morgan fingerprint density at radius 2 is 1.80 bits per heavy atom. The first-order valence-electron chi connectivity index (χ1n) is 7.82. The molecule has 0 bridgehead atoms. The number of alkyl halides is 3. The number of halogens is 3. The van der Waals surface area contributed by atoms with Crippen molar-refractivity contribution in [1.82, 2.24) is 0 Å². The molecule has 0 spiro atoms. The van der Waals surface area contributed by atoms with E-state index in [0.29, 0.717) is 12.2 Å². The zero-order valence-corrected chi connectivity index (χ0v) is 14.0. The molecule has 0 heterocycles. The molecule has 0 aromatic heterocycles. The van der Waals surface area contributed by atoms with Gasteiger partial charge in [0.2, 0.25) is 5.78 Å². The largest absolute Gasteiger partial charge is 0.478 e. The monoisotopic (exact) mass is 352 g/mol. The van der Waals surface area contributed by atoms with Gasteiger partial charge in [-0.1, -0.05) is 35.9 Å². The van der Waals surface area contributed by atoms with Crippen molar-refractivity contribution in [3.05, 3.63) is 65.2 Å². The molecule has 134 valence electrons. The van der Waals surface area contributed by atoms with Crippen LogP contribution in [0.1, 0.15) is 29.7 Å². The molecule has 3 nitrogen and oxygen atoms in total. The Morgan fingerprint density at radius 1 is 1.12 bits per heavy atom. The Kier molecular flexibility index (Phi) is 6.20. The summed E-state index contributed by atoms with van der Waals surface area (Å²) in [4.78, 5) is 12.4. The van der Waals surface area contributed by atoms with Gasteiger partial charge in [-0.2, -0.15) is 13.2 Å². The van der Waals surface area contributed by atoms with E-state index in [2.05, 4.69) is 0 Å². The van der Waals surface area contributed by atoms with Gasteiger partial charge in [0, 0.05) is 6.61 Å². The second-order valence-corrected chi connectivity index (χ2v) is 5.54. The zero-order valence-electron chi connectivity index (χ0n) is 14.0. The number of Topliss-reactive ketones (excluding diaryl/α,β-unsaturated/α-hetero) is 1. The van der Waals surface area contributed by atoms with E-state index in [1.54, 1.807) is 19.1 Å². The highest BCUT2D eigenvalue weighted by molar-refractivity contribution is 5.85. The van der Waals surface area contributed by atoms with Gasteiger partial charge in [-0.25, -0.2) is 0 Å². The van der Waals surface area contributed by atoms with E-state index >= 15 is 0 Å². The van der Waals surface area contributed by atoms with Crippen molar-refractivity contribution in [1.29, 1.82) is 0 Å². The quantitative estimate of drug-likeness (QED) is 0.722. The van der Waals surface area contributed by atoms with Crippen LogP contribution < -0.4 is 4.74 Å². The lowest BCUT2D eigenvalue weighted by Crippen LogP contribution is -2.23. The predicted octanol–water partition coefficient (Wildman–Crippen LogP) is 4.74. The van der Waals surface area contributed by atoms with Crippen LogP contribution in [0.15, 0.2) is 48.5 Å². The Hall–Kier alpha value is -2.34. The second-order valence-electron chi connectivity index (χ2n) is 5.54. The van der Waals surface area contributed by atoms with Crippen LogP contribution in [0.4, 0.5) is 13.2 Å². The number of carbonyl (C=O) groups excluding carboxylic acids is 1. The summed E-state index contributed by atoms with van der Waals surface area (Å²) in [6.45, 7) is 3.83. The maximum Gasteiger partial charge on any atom is 0.416 e. The molecule has 2 aromatic carbocycles. The van der Waals surface area contributed by atoms with Crippen molar-refractivity contribution in [3.8, 4) is 5.75 Å². The molecule has 0 saturated heterocycles. The Bertz CT molecular complexity index is 709. The summed E-state index contributed by atoms with van der Waals surface area (Å²) >= 11 is 0. The molecule has 2 rings (SSSR count). The third-order valence-electron chi connectivity index (χ3n) is 3.54. The number of hydrogen-bond acceptors (Lipinski definition) is 3. The van der Waals surface area contributed by atoms with Gasteiger partial charge < -0.3 is 9.47 Å². The molecule has 0 aliphatic rings. The maximum absolute atomic E-state index is 12.9. The molecule has 0 amide bonds. The fourth-order valence-electron chi connectivity index (χ4n) is 2.22. The summed E-state index contributed by atoms with van der Waals surface area (Å²) < 4.78 is 49.3. The normalized spacial score (nSPS) is 12.7. The van der Waals surface area contributed by atoms with E-state index in [-0.39, 0.29) is 18.1 Å². The van der Waals surface area contributed by atoms with E-state index in [1.165, 1.54) is 12.1 Å². The Labute approximate surface area is 144 Å². The summed E-state index contributed by atoms with van der Waals surface area (Å²) in [5.74, 6) is -0.381. The molecule has 0 aliphatic heterocycles. The standard InChI is InChI=1S/C19H19F3O3/c1-3-24-12-17(23)18(14-9-7-13(2)8-10-14)25-16-6-4-5-15(11-16)19(20,21)22/h4-11,18H,3,12H2,1-2H3. The molecule has 0 N–H and O–H groups in total. The van der Waals surface area contributed by atoms with Crippen molar-refractivity contribution in [2.75, 3.05) is 13.2 Å². The first kappa shape index (κ1) is 19.0. The molecule has 1 unspecified atom stereocenters. The van der Waals surface area contributed by atoms with Crippen molar-refractivity contribution in [2.45, 2.75) is 26.1 Å². The lowest BCUT2D eigenvalue weighted by Gasteiger charge is -2.19. The van der Waals surface area contributed by atoms with Crippen LogP contribution in [0, 0.1) is 6.92 Å². The average Bonchev–Trinajstić information content (AvgIpc) is 2.58. The molecule has 0 saturated carbocycles. The number of rotatable bonds is 7. The van der Waals surface area contributed by atoms with Crippen LogP contribution in [0.5, 0.6) is 5.75 Å². The lowest BCUT2D eigenvalue weighted by atomic mass is 10.0. The van der Waals surface area contributed by atoms with Crippen molar-refractivity contribution in [3.63, 3.8) is 0 Å². The third kappa shape index (κ3) is 5.32. The maximum atomic E-state index is 12.9. The highest BCUT2D eigenvalue weighted by Gasteiger charge is 2.31. The molecule has 25 heavy (non-hydrogen) atoms. The van der Waals surface area contributed by atoms with Gasteiger partial charge in [0.05, 0.1) is 5.56 Å². The Morgan fingerprint density at radius 3 is 2.40 bits per heavy atom. The summed E-state index contributed by atoms with van der Waals surface area (Å²) in [5, 5.41) is 0. The topological polar surface area (TPSA) is 35.5 Å². The minimum absolute atomic E-state index is 0.0229. The summed E-state index contributed by atoms with van der Waals surface area (Å²) in [6.07, 6.45) is -5.51. The molecular formula is C19H19F3O3. The van der Waals surface area contributed by atoms with Crippen LogP contribution in [0.3, 0.4) is 0 Å². The molecule has 1 atom stereocenters. The third-order valence-corrected chi connectivity index (χ3v) is 3.54. The van der Waals surface area contributed by atoms with Gasteiger partial charge in [0.25, 0.3) is 0 Å². The highest BCUT2D eigenvalue weighted by Crippen LogP contribution is 2.32. The predicted molar refractivity (Wildman–Crippen MR) is 87.5 cm³/mol. The highest BCUT2D eigenvalue weighted by atomic mass is 19.4. The fourth-order valence-corrected chi connectivity index (χ4v) is 2.22. The van der Waals surface area contributed by atoms with E-state index in [0.717, 1.165) is 17.7 Å². The van der Waals surface area contributed by atoms with Crippen LogP contribution >= 0.6 is 0 Å². The first-order valence-corrected chi connectivity index (χ1v) is 7.82. The SMILES string of the molecule is CCOCC(=O)C(Oc1cccc(C(F)(F)F)c1)c1ccc(C)cc1. The summed E-state index contributed by atoms with van der Waals surface area (Å²) in [6, 6.07) is 11.5. The zero-order chi connectivity index (χ0) is 18.4. The van der Waals surface area contributed by atoms with E-state index in [1.807, 2.05) is 19.1 Å². The molecule has 2 aromatic rings. The van der Waals surface area contributed by atoms with Crippen molar-refractivity contribution >= 4 is 5.78 Å². The van der Waals surface area contributed by atoms with E-state index in [9.17, 15) is 18.0 Å². The van der Waals surface area contributed by atoms with Gasteiger partial charge in [0.15, 0.2) is 6.10 Å². The summed E-state index contributed by atoms with van der Waals surface area (Å²) in [7, 11) is 0. The second kappa shape index (κ2) is 8.16. The Balaban J connectivity index is 2.30. The van der Waals surface area contributed by atoms with Crippen LogP contribution in [0.25, 0.3) is 0 Å². The van der Waals surface area contributed by atoms with Crippen molar-refractivity contribution < 1.29 is 27.4 Å². The van der Waals surface area contributed by atoms with Crippen LogP contribution in [-0.2, 0) is 15.7 Å². The number of hydrogen-bond donors (Lipinski definition) is 0. The van der Waals surface area contributed by atoms with Gasteiger partial charge >= 0.3 is 6.18 Å². The number of ketones is 1. The van der Waals surface area contributed by atoms with Crippen LogP contribution in [0.2, 0.25) is 0 Å². The van der Waals surface area contributed by atoms with Gasteiger partial charge in [-0.05, 0) is 37.6 Å². The number of aryl methyl sites for hydroxylation is 1. The lowest BCUT2D eigenvalue weighted by molar-refractivity contribution is -0.137. The summed E-state index contributed by atoms with van der Waals surface area (Å²) in [5.41, 5.74) is 0.733. The minimum atomic E-state index is -4.48. The van der Waals surface area contributed by atoms with Gasteiger partial charge in [0.1, 0.15) is 12.4 Å². The molecule has 0 radical (unpaired) electrons. The molecule has 0 fully saturated rings. The van der Waals surface area contributed by atoms with Gasteiger partial charge in [-0.3, -0.25) is 4.79 Å². The number of ether oxygens (including phenoxy) is 2. The average molecular weight is 352 g/mol. The molecule has 0 aliphatic carbocycles. The van der Waals surface area contributed by atoms with Crippen LogP contribution in [-0.4, -0.2) is 19.0 Å². The smallest absolute Gasteiger partial charge is 0.416 e. The molecule has 6 heteroatoms.